The molecule has 3 heteroatoms. The van der Waals surface area contributed by atoms with E-state index in [9.17, 15) is 4.79 Å². The Hall–Kier alpha value is -2.29. The van der Waals surface area contributed by atoms with Crippen LogP contribution in [0.3, 0.4) is 0 Å². The van der Waals surface area contributed by atoms with E-state index in [0.29, 0.717) is 11.3 Å². The van der Waals surface area contributed by atoms with Crippen molar-refractivity contribution in [3.63, 3.8) is 0 Å². The smallest absolute Gasteiger partial charge is 0.345 e. The maximum atomic E-state index is 12.3. The molecule has 0 N–H and O–H groups in total. The lowest BCUT2D eigenvalue weighted by Crippen LogP contribution is -2.25. The maximum absolute atomic E-state index is 12.3. The molecule has 0 unspecified atom stereocenters. The quantitative estimate of drug-likeness (QED) is 0.611. The van der Waals surface area contributed by atoms with Crippen molar-refractivity contribution >= 4 is 11.7 Å². The highest BCUT2D eigenvalue weighted by Crippen LogP contribution is 2.22. The van der Waals surface area contributed by atoms with E-state index in [2.05, 4.69) is 18.7 Å². The second-order valence-corrected chi connectivity index (χ2v) is 4.39. The molecule has 0 radical (unpaired) electrons. The van der Waals surface area contributed by atoms with Gasteiger partial charge in [0.05, 0.1) is 11.3 Å². The number of esters is 1. The van der Waals surface area contributed by atoms with Gasteiger partial charge in [-0.25, -0.2) is 4.79 Å². The first-order valence-corrected chi connectivity index (χ1v) is 6.87. The molecule has 3 nitrogen and oxygen atoms in total. The number of ether oxygens (including phenoxy) is 1. The van der Waals surface area contributed by atoms with Crippen LogP contribution >= 0.6 is 0 Å². The number of nitrogens with zero attached hydrogens (tertiary/aromatic N) is 1. The Kier molecular flexibility index (Phi) is 4.77. The fourth-order valence-electron chi connectivity index (χ4n) is 2.14. The van der Waals surface area contributed by atoms with Crippen LogP contribution in [-0.2, 0) is 0 Å². The van der Waals surface area contributed by atoms with Crippen molar-refractivity contribution in [1.82, 2.24) is 0 Å². The molecule has 2 aromatic rings. The van der Waals surface area contributed by atoms with Crippen molar-refractivity contribution in [2.24, 2.45) is 0 Å². The van der Waals surface area contributed by atoms with Gasteiger partial charge in [0, 0.05) is 13.1 Å². The lowest BCUT2D eigenvalue weighted by Gasteiger charge is -2.23. The molecule has 0 spiro atoms. The Balaban J connectivity index is 2.26. The molecule has 0 aliphatic rings. The third kappa shape index (κ3) is 3.18. The highest BCUT2D eigenvalue weighted by Gasteiger charge is 2.16. The van der Waals surface area contributed by atoms with E-state index in [1.54, 1.807) is 18.2 Å². The summed E-state index contributed by atoms with van der Waals surface area (Å²) >= 11 is 0. The SMILES string of the molecule is CCN(CC)c1ccccc1C(=O)Oc1ccccc1. The van der Waals surface area contributed by atoms with E-state index >= 15 is 0 Å². The summed E-state index contributed by atoms with van der Waals surface area (Å²) in [7, 11) is 0. The molecule has 0 aromatic heterocycles. The summed E-state index contributed by atoms with van der Waals surface area (Å²) in [4.78, 5) is 14.5. The monoisotopic (exact) mass is 269 g/mol. The van der Waals surface area contributed by atoms with Crippen LogP contribution in [0.4, 0.5) is 5.69 Å². The fraction of sp³-hybridized carbons (Fsp3) is 0.235. The predicted molar refractivity (Wildman–Crippen MR) is 81.4 cm³/mol. The van der Waals surface area contributed by atoms with Crippen LogP contribution in [0.5, 0.6) is 5.75 Å². The van der Waals surface area contributed by atoms with Gasteiger partial charge in [-0.05, 0) is 38.1 Å². The number of carbonyl (C=O) groups excluding carboxylic acids is 1. The van der Waals surface area contributed by atoms with E-state index in [-0.39, 0.29) is 5.97 Å². The number of benzene rings is 2. The summed E-state index contributed by atoms with van der Waals surface area (Å²) in [5.74, 6) is 0.241. The van der Waals surface area contributed by atoms with Gasteiger partial charge in [-0.1, -0.05) is 30.3 Å². The van der Waals surface area contributed by atoms with Crippen LogP contribution in [0.25, 0.3) is 0 Å². The summed E-state index contributed by atoms with van der Waals surface area (Å²) < 4.78 is 5.41. The lowest BCUT2D eigenvalue weighted by molar-refractivity contribution is 0.0735. The van der Waals surface area contributed by atoms with Gasteiger partial charge in [0.25, 0.3) is 0 Å². The van der Waals surface area contributed by atoms with Crippen LogP contribution in [0, 0.1) is 0 Å². The van der Waals surface area contributed by atoms with Gasteiger partial charge in [-0.15, -0.1) is 0 Å². The van der Waals surface area contributed by atoms with Crippen molar-refractivity contribution in [3.8, 4) is 5.75 Å². The first kappa shape index (κ1) is 14.1. The summed E-state index contributed by atoms with van der Waals surface area (Å²) in [6, 6.07) is 16.7. The van der Waals surface area contributed by atoms with E-state index in [1.165, 1.54) is 0 Å². The molecule has 2 rings (SSSR count). The van der Waals surface area contributed by atoms with Gasteiger partial charge in [-0.2, -0.15) is 0 Å². The fourth-order valence-corrected chi connectivity index (χ4v) is 2.14. The van der Waals surface area contributed by atoms with Crippen molar-refractivity contribution < 1.29 is 9.53 Å². The van der Waals surface area contributed by atoms with Crippen molar-refractivity contribution in [2.45, 2.75) is 13.8 Å². The van der Waals surface area contributed by atoms with Crippen molar-refractivity contribution in [3.05, 3.63) is 60.2 Å². The molecule has 104 valence electrons. The zero-order chi connectivity index (χ0) is 14.4. The van der Waals surface area contributed by atoms with Crippen LogP contribution < -0.4 is 9.64 Å². The maximum Gasteiger partial charge on any atom is 0.345 e. The number of carbonyl (C=O) groups is 1. The van der Waals surface area contributed by atoms with Gasteiger partial charge in [-0.3, -0.25) is 0 Å². The summed E-state index contributed by atoms with van der Waals surface area (Å²) in [6.07, 6.45) is 0. The van der Waals surface area contributed by atoms with E-state index in [4.69, 9.17) is 4.74 Å². The number of anilines is 1. The van der Waals surface area contributed by atoms with E-state index in [1.807, 2.05) is 36.4 Å². The third-order valence-electron chi connectivity index (χ3n) is 3.18. The normalized spacial score (nSPS) is 10.1. The Bertz CT molecular complexity index is 562. The molecule has 0 aliphatic heterocycles. The third-order valence-corrected chi connectivity index (χ3v) is 3.18. The highest BCUT2D eigenvalue weighted by atomic mass is 16.5. The lowest BCUT2D eigenvalue weighted by atomic mass is 10.1. The standard InChI is InChI=1S/C17H19NO2/c1-3-18(4-2)16-13-9-8-12-15(16)17(19)20-14-10-6-5-7-11-14/h5-13H,3-4H2,1-2H3. The molecule has 0 bridgehead atoms. The molecular weight excluding hydrogens is 250 g/mol. The van der Waals surface area contributed by atoms with E-state index in [0.717, 1.165) is 18.8 Å². The topological polar surface area (TPSA) is 29.5 Å². The average Bonchev–Trinajstić information content (AvgIpc) is 2.50. The average molecular weight is 269 g/mol. The Morgan fingerprint density at radius 2 is 1.55 bits per heavy atom. The number of para-hydroxylation sites is 2. The highest BCUT2D eigenvalue weighted by molar-refractivity contribution is 5.97. The molecule has 0 atom stereocenters. The Morgan fingerprint density at radius 1 is 0.950 bits per heavy atom. The minimum absolute atomic E-state index is 0.321. The summed E-state index contributed by atoms with van der Waals surface area (Å²) in [5, 5.41) is 0. The van der Waals surface area contributed by atoms with E-state index < -0.39 is 0 Å². The summed E-state index contributed by atoms with van der Waals surface area (Å²) in [6.45, 7) is 5.85. The minimum atomic E-state index is -0.321. The molecule has 2 aromatic carbocycles. The number of hydrogen-bond donors (Lipinski definition) is 0. The first-order valence-electron chi connectivity index (χ1n) is 6.87. The molecular formula is C17H19NO2. The predicted octanol–water partition coefficient (Wildman–Crippen LogP) is 3.75. The van der Waals surface area contributed by atoms with Crippen LogP contribution in [0.15, 0.2) is 54.6 Å². The second-order valence-electron chi connectivity index (χ2n) is 4.39. The summed E-state index contributed by atoms with van der Waals surface area (Å²) in [5.41, 5.74) is 1.51. The van der Waals surface area contributed by atoms with Crippen LogP contribution in [0.1, 0.15) is 24.2 Å². The Morgan fingerprint density at radius 3 is 2.20 bits per heavy atom. The molecule has 0 aliphatic carbocycles. The largest absolute Gasteiger partial charge is 0.423 e. The molecule has 20 heavy (non-hydrogen) atoms. The minimum Gasteiger partial charge on any atom is -0.423 e. The molecule has 0 saturated heterocycles. The zero-order valence-corrected chi connectivity index (χ0v) is 11.9. The van der Waals surface area contributed by atoms with Gasteiger partial charge in [0.2, 0.25) is 0 Å². The van der Waals surface area contributed by atoms with Gasteiger partial charge >= 0.3 is 5.97 Å². The molecule has 0 amide bonds. The first-order chi connectivity index (χ1) is 9.76. The van der Waals surface area contributed by atoms with Crippen molar-refractivity contribution in [1.29, 1.82) is 0 Å². The van der Waals surface area contributed by atoms with Gasteiger partial charge < -0.3 is 9.64 Å². The van der Waals surface area contributed by atoms with Gasteiger partial charge in [0.1, 0.15) is 5.75 Å². The van der Waals surface area contributed by atoms with Crippen molar-refractivity contribution in [2.75, 3.05) is 18.0 Å². The molecule has 0 fully saturated rings. The van der Waals surface area contributed by atoms with Gasteiger partial charge in [0.15, 0.2) is 0 Å². The zero-order valence-electron chi connectivity index (χ0n) is 11.9. The number of hydrogen-bond acceptors (Lipinski definition) is 3. The number of rotatable bonds is 5. The van der Waals surface area contributed by atoms with Crippen LogP contribution in [0.2, 0.25) is 0 Å². The second kappa shape index (κ2) is 6.75. The molecule has 0 heterocycles. The van der Waals surface area contributed by atoms with Crippen LogP contribution in [-0.4, -0.2) is 19.1 Å². The Labute approximate surface area is 119 Å². The molecule has 0 saturated carbocycles.